The lowest BCUT2D eigenvalue weighted by atomic mass is 9.79. The summed E-state index contributed by atoms with van der Waals surface area (Å²) in [6, 6.07) is 9.32. The van der Waals surface area contributed by atoms with E-state index in [0.717, 1.165) is 55.6 Å². The van der Waals surface area contributed by atoms with Crippen LogP contribution in [0.5, 0.6) is 11.5 Å². The summed E-state index contributed by atoms with van der Waals surface area (Å²) in [6.07, 6.45) is 5.44. The summed E-state index contributed by atoms with van der Waals surface area (Å²) in [5.41, 5.74) is 4.29. The van der Waals surface area contributed by atoms with Gasteiger partial charge < -0.3 is 29.0 Å². The SMILES string of the molecule is COc1cc(C(=O)NC2CC(OC)C2)cc(OC)c1S(=O)(=O)Nc1noc2c1CC1(CC1)c1ccc(N3CCC3)cc1-2. The van der Waals surface area contributed by atoms with Crippen LogP contribution in [0.4, 0.5) is 11.5 Å². The van der Waals surface area contributed by atoms with Crippen LogP contribution in [0.2, 0.25) is 0 Å². The number of carbonyl (C=O) groups is 1. The summed E-state index contributed by atoms with van der Waals surface area (Å²) in [7, 11) is 0.0914. The molecule has 2 heterocycles. The summed E-state index contributed by atoms with van der Waals surface area (Å²) in [4.78, 5) is 15.1. The fourth-order valence-corrected chi connectivity index (χ4v) is 7.68. The molecule has 0 bridgehead atoms. The number of fused-ring (bicyclic) bond motifs is 4. The number of aromatic nitrogens is 1. The van der Waals surface area contributed by atoms with Gasteiger partial charge in [0.1, 0.15) is 11.5 Å². The predicted octanol–water partition coefficient (Wildman–Crippen LogP) is 3.86. The highest BCUT2D eigenvalue weighted by Crippen LogP contribution is 2.59. The van der Waals surface area contributed by atoms with Crippen molar-refractivity contribution in [2.24, 2.45) is 0 Å². The fraction of sp³-hybridized carbons (Fsp3) is 0.467. The number of carbonyl (C=O) groups excluding carboxylic acids is 1. The van der Waals surface area contributed by atoms with E-state index in [0.29, 0.717) is 12.2 Å². The van der Waals surface area contributed by atoms with Crippen LogP contribution in [0.15, 0.2) is 39.8 Å². The molecule has 3 aliphatic carbocycles. The van der Waals surface area contributed by atoms with Crippen molar-refractivity contribution in [3.8, 4) is 22.8 Å². The quantitative estimate of drug-likeness (QED) is 0.379. The number of methoxy groups -OCH3 is 3. The Kier molecular flexibility index (Phi) is 6.39. The van der Waals surface area contributed by atoms with Gasteiger partial charge in [-0.05, 0) is 68.4 Å². The molecule has 11 nitrogen and oxygen atoms in total. The van der Waals surface area contributed by atoms with Gasteiger partial charge in [-0.3, -0.25) is 9.52 Å². The molecule has 2 aromatic carbocycles. The van der Waals surface area contributed by atoms with Crippen LogP contribution in [-0.2, 0) is 26.6 Å². The van der Waals surface area contributed by atoms with E-state index in [1.165, 1.54) is 38.3 Å². The first-order chi connectivity index (χ1) is 20.2. The molecule has 3 aromatic rings. The molecule has 7 rings (SSSR count). The third-order valence-electron chi connectivity index (χ3n) is 9.18. The van der Waals surface area contributed by atoms with Gasteiger partial charge in [0.15, 0.2) is 16.5 Å². The summed E-state index contributed by atoms with van der Waals surface area (Å²) in [5, 5.41) is 7.14. The molecule has 3 fully saturated rings. The zero-order chi connectivity index (χ0) is 29.2. The maximum atomic E-state index is 13.9. The number of rotatable bonds is 9. The first-order valence-electron chi connectivity index (χ1n) is 14.3. The van der Waals surface area contributed by atoms with Gasteiger partial charge >= 0.3 is 0 Å². The standard InChI is InChI=1S/C30H34N4O7S/c1-38-20-13-18(14-20)31-29(35)17-11-24(39-2)27(25(12-17)40-3)42(36,37)33-28-22-16-30(7-8-30)23-6-5-19(34-9-4-10-34)15-21(23)26(22)41-32-28/h5-6,11-12,15,18,20H,4,7-10,13-14,16H2,1-3H3,(H,31,35)(H,32,33). The number of sulfonamides is 1. The number of hydrogen-bond acceptors (Lipinski definition) is 9. The molecule has 1 aliphatic heterocycles. The van der Waals surface area contributed by atoms with Crippen molar-refractivity contribution in [3.05, 3.63) is 47.0 Å². The van der Waals surface area contributed by atoms with E-state index >= 15 is 0 Å². The Bertz CT molecular complexity index is 1650. The molecule has 1 amide bonds. The number of anilines is 2. The van der Waals surface area contributed by atoms with E-state index in [9.17, 15) is 13.2 Å². The van der Waals surface area contributed by atoms with E-state index in [2.05, 4.69) is 38.3 Å². The van der Waals surface area contributed by atoms with Crippen molar-refractivity contribution < 1.29 is 31.9 Å². The Morgan fingerprint density at radius 3 is 2.38 bits per heavy atom. The van der Waals surface area contributed by atoms with E-state index < -0.39 is 10.0 Å². The lowest BCUT2D eigenvalue weighted by Crippen LogP contribution is -2.47. The molecule has 1 aromatic heterocycles. The van der Waals surface area contributed by atoms with E-state index in [1.54, 1.807) is 7.11 Å². The Morgan fingerprint density at radius 1 is 1.07 bits per heavy atom. The molecule has 0 atom stereocenters. The highest BCUT2D eigenvalue weighted by atomic mass is 32.2. The van der Waals surface area contributed by atoms with Gasteiger partial charge in [0.2, 0.25) is 0 Å². The number of amides is 1. The highest BCUT2D eigenvalue weighted by Gasteiger charge is 2.51. The first kappa shape index (κ1) is 27.1. The number of nitrogens with zero attached hydrogens (tertiary/aromatic N) is 2. The summed E-state index contributed by atoms with van der Waals surface area (Å²) >= 11 is 0. The predicted molar refractivity (Wildman–Crippen MR) is 155 cm³/mol. The zero-order valence-electron chi connectivity index (χ0n) is 23.9. The van der Waals surface area contributed by atoms with Crippen LogP contribution in [0, 0.1) is 0 Å². The van der Waals surface area contributed by atoms with Gasteiger partial charge in [-0.1, -0.05) is 11.2 Å². The number of benzene rings is 2. The topological polar surface area (TPSA) is 132 Å². The van der Waals surface area contributed by atoms with Crippen LogP contribution < -0.4 is 24.4 Å². The maximum absolute atomic E-state index is 13.9. The van der Waals surface area contributed by atoms with Crippen molar-refractivity contribution in [1.29, 1.82) is 0 Å². The minimum Gasteiger partial charge on any atom is -0.495 e. The average Bonchev–Trinajstić information content (AvgIpc) is 3.60. The molecule has 12 heteroatoms. The molecular formula is C30H34N4O7S. The minimum absolute atomic E-state index is 0.00950. The van der Waals surface area contributed by atoms with Crippen LogP contribution in [0.3, 0.4) is 0 Å². The van der Waals surface area contributed by atoms with Gasteiger partial charge in [-0.15, -0.1) is 0 Å². The second-order valence-electron chi connectivity index (χ2n) is 11.7. The van der Waals surface area contributed by atoms with Crippen molar-refractivity contribution >= 4 is 27.4 Å². The van der Waals surface area contributed by atoms with E-state index in [-0.39, 0.29) is 51.2 Å². The Hall–Kier alpha value is -3.77. The van der Waals surface area contributed by atoms with Crippen molar-refractivity contribution in [3.63, 3.8) is 0 Å². The van der Waals surface area contributed by atoms with Crippen molar-refractivity contribution in [2.45, 2.75) is 61.0 Å². The monoisotopic (exact) mass is 594 g/mol. The van der Waals surface area contributed by atoms with Crippen molar-refractivity contribution in [1.82, 2.24) is 10.5 Å². The first-order valence-corrected chi connectivity index (χ1v) is 15.7. The number of ether oxygens (including phenoxy) is 3. The van der Waals surface area contributed by atoms with Crippen molar-refractivity contribution in [2.75, 3.05) is 44.0 Å². The Morgan fingerprint density at radius 2 is 1.79 bits per heavy atom. The molecule has 2 N–H and O–H groups in total. The molecule has 1 saturated heterocycles. The second kappa shape index (κ2) is 9.91. The summed E-state index contributed by atoms with van der Waals surface area (Å²) < 4.78 is 52.4. The molecule has 2 saturated carbocycles. The van der Waals surface area contributed by atoms with E-state index in [1.807, 2.05) is 0 Å². The molecule has 0 radical (unpaired) electrons. The lowest BCUT2D eigenvalue weighted by Gasteiger charge is -2.34. The average molecular weight is 595 g/mol. The van der Waals surface area contributed by atoms with Crippen LogP contribution >= 0.6 is 0 Å². The minimum atomic E-state index is -4.26. The van der Waals surface area contributed by atoms with Gasteiger partial charge in [-0.2, -0.15) is 0 Å². The Balaban J connectivity index is 1.20. The van der Waals surface area contributed by atoms with Crippen LogP contribution in [0.25, 0.3) is 11.3 Å². The van der Waals surface area contributed by atoms with E-state index in [4.69, 9.17) is 18.7 Å². The third-order valence-corrected chi connectivity index (χ3v) is 10.6. The number of hydrogen-bond donors (Lipinski definition) is 2. The molecular weight excluding hydrogens is 560 g/mol. The highest BCUT2D eigenvalue weighted by molar-refractivity contribution is 7.93. The molecule has 4 aliphatic rings. The Labute approximate surface area is 244 Å². The molecule has 42 heavy (non-hydrogen) atoms. The van der Waals surface area contributed by atoms with Gasteiger partial charge in [0.25, 0.3) is 15.9 Å². The van der Waals surface area contributed by atoms with Crippen LogP contribution in [0.1, 0.15) is 53.6 Å². The molecule has 1 spiro atoms. The molecule has 222 valence electrons. The van der Waals surface area contributed by atoms with Gasteiger partial charge in [0.05, 0.1) is 20.3 Å². The summed E-state index contributed by atoms with van der Waals surface area (Å²) in [5.74, 6) is 0.367. The zero-order valence-corrected chi connectivity index (χ0v) is 24.7. The maximum Gasteiger partial charge on any atom is 0.270 e. The normalized spacial score (nSPS) is 21.5. The lowest BCUT2D eigenvalue weighted by molar-refractivity contribution is 0.0176. The fourth-order valence-electron chi connectivity index (χ4n) is 6.35. The summed E-state index contributed by atoms with van der Waals surface area (Å²) in [6.45, 7) is 2.05. The smallest absolute Gasteiger partial charge is 0.270 e. The third kappa shape index (κ3) is 4.39. The molecule has 0 unspecified atom stereocenters. The number of nitrogens with one attached hydrogen (secondary N) is 2. The van der Waals surface area contributed by atoms with Crippen LogP contribution in [-0.4, -0.2) is 66.0 Å². The van der Waals surface area contributed by atoms with Gasteiger partial charge in [0, 0.05) is 54.0 Å². The second-order valence-corrected chi connectivity index (χ2v) is 13.3. The largest absolute Gasteiger partial charge is 0.495 e. The van der Waals surface area contributed by atoms with Gasteiger partial charge in [-0.25, -0.2) is 8.42 Å².